The Morgan fingerprint density at radius 2 is 2.21 bits per heavy atom. The molecule has 0 aliphatic heterocycles. The molecule has 3 N–H and O–H groups in total. The molecule has 0 saturated carbocycles. The summed E-state index contributed by atoms with van der Waals surface area (Å²) in [6, 6.07) is 7.57. The standard InChI is InChI=1S/C12H14ClN5O/c1-18(8-4-3-5-9(6-8)19-2)11-10(13)7-15-12(16-11)17-14/h3-7H,14H2,1-2H3,(H,15,16,17). The molecule has 0 unspecified atom stereocenters. The highest BCUT2D eigenvalue weighted by molar-refractivity contribution is 6.33. The average molecular weight is 280 g/mol. The van der Waals surface area contributed by atoms with E-state index in [-0.39, 0.29) is 0 Å². The zero-order valence-electron chi connectivity index (χ0n) is 10.6. The first-order valence-electron chi connectivity index (χ1n) is 5.52. The number of nitrogen functional groups attached to an aromatic ring is 1. The Bertz CT molecular complexity index is 578. The fourth-order valence-corrected chi connectivity index (χ4v) is 1.82. The smallest absolute Gasteiger partial charge is 0.239 e. The molecule has 0 spiro atoms. The molecule has 1 aromatic carbocycles. The lowest BCUT2D eigenvalue weighted by atomic mass is 10.3. The topological polar surface area (TPSA) is 76.3 Å². The molecule has 0 radical (unpaired) electrons. The summed E-state index contributed by atoms with van der Waals surface area (Å²) in [6.07, 6.45) is 1.50. The predicted molar refractivity (Wildman–Crippen MR) is 75.9 cm³/mol. The Morgan fingerprint density at radius 1 is 1.42 bits per heavy atom. The largest absolute Gasteiger partial charge is 0.497 e. The van der Waals surface area contributed by atoms with Gasteiger partial charge in [0.2, 0.25) is 5.95 Å². The van der Waals surface area contributed by atoms with Gasteiger partial charge in [-0.2, -0.15) is 4.98 Å². The quantitative estimate of drug-likeness (QED) is 0.660. The summed E-state index contributed by atoms with van der Waals surface area (Å²) in [5.41, 5.74) is 3.28. The lowest BCUT2D eigenvalue weighted by molar-refractivity contribution is 0.415. The fourth-order valence-electron chi connectivity index (χ4n) is 1.60. The molecule has 19 heavy (non-hydrogen) atoms. The second-order valence-electron chi connectivity index (χ2n) is 3.77. The molecule has 0 fully saturated rings. The molecule has 7 heteroatoms. The van der Waals surface area contributed by atoms with Crippen LogP contribution in [-0.4, -0.2) is 24.1 Å². The first-order chi connectivity index (χ1) is 9.15. The minimum Gasteiger partial charge on any atom is -0.497 e. The van der Waals surface area contributed by atoms with Gasteiger partial charge in [0.25, 0.3) is 0 Å². The van der Waals surface area contributed by atoms with Crippen molar-refractivity contribution < 1.29 is 4.74 Å². The third-order valence-corrected chi connectivity index (χ3v) is 2.88. The first kappa shape index (κ1) is 13.4. The second kappa shape index (κ2) is 5.73. The third-order valence-electron chi connectivity index (χ3n) is 2.61. The fraction of sp³-hybridized carbons (Fsp3) is 0.167. The Kier molecular flexibility index (Phi) is 4.03. The summed E-state index contributed by atoms with van der Waals surface area (Å²) in [6.45, 7) is 0. The number of anilines is 3. The Hall–Kier alpha value is -2.05. The van der Waals surface area contributed by atoms with Gasteiger partial charge in [-0.15, -0.1) is 0 Å². The number of rotatable bonds is 4. The Morgan fingerprint density at radius 3 is 2.89 bits per heavy atom. The number of hydrogen-bond donors (Lipinski definition) is 2. The molecule has 0 amide bonds. The summed E-state index contributed by atoms with van der Waals surface area (Å²) in [5.74, 6) is 6.91. The van der Waals surface area contributed by atoms with E-state index in [1.165, 1.54) is 6.20 Å². The highest BCUT2D eigenvalue weighted by Crippen LogP contribution is 2.30. The number of nitrogens with two attached hydrogens (primary N) is 1. The minimum absolute atomic E-state index is 0.300. The van der Waals surface area contributed by atoms with Crippen molar-refractivity contribution in [2.45, 2.75) is 0 Å². The van der Waals surface area contributed by atoms with Crippen LogP contribution < -0.4 is 20.9 Å². The molecule has 0 aliphatic carbocycles. The van der Waals surface area contributed by atoms with Gasteiger partial charge >= 0.3 is 0 Å². The van der Waals surface area contributed by atoms with Crippen LogP contribution in [0.5, 0.6) is 5.75 Å². The number of aromatic nitrogens is 2. The van der Waals surface area contributed by atoms with Gasteiger partial charge in [0.15, 0.2) is 5.82 Å². The normalized spacial score (nSPS) is 10.1. The van der Waals surface area contributed by atoms with Crippen LogP contribution in [0.15, 0.2) is 30.5 Å². The molecule has 0 saturated heterocycles. The lowest BCUT2D eigenvalue weighted by Gasteiger charge is -2.20. The molecule has 6 nitrogen and oxygen atoms in total. The van der Waals surface area contributed by atoms with Gasteiger partial charge in [-0.25, -0.2) is 10.8 Å². The number of benzene rings is 1. The van der Waals surface area contributed by atoms with Crippen LogP contribution in [0, 0.1) is 0 Å². The maximum Gasteiger partial charge on any atom is 0.239 e. The Labute approximate surface area is 116 Å². The summed E-state index contributed by atoms with van der Waals surface area (Å²) in [5, 5.41) is 0.435. The van der Waals surface area contributed by atoms with E-state index < -0.39 is 0 Å². The van der Waals surface area contributed by atoms with Gasteiger partial charge in [-0.3, -0.25) is 5.43 Å². The van der Waals surface area contributed by atoms with Gasteiger partial charge < -0.3 is 9.64 Å². The number of nitrogens with one attached hydrogen (secondary N) is 1. The molecule has 0 aliphatic rings. The van der Waals surface area contributed by atoms with E-state index in [4.69, 9.17) is 22.2 Å². The first-order valence-corrected chi connectivity index (χ1v) is 5.90. The van der Waals surface area contributed by atoms with Gasteiger partial charge in [0, 0.05) is 18.8 Å². The monoisotopic (exact) mass is 279 g/mol. The van der Waals surface area contributed by atoms with Crippen LogP contribution in [0.25, 0.3) is 0 Å². The van der Waals surface area contributed by atoms with E-state index in [1.54, 1.807) is 7.11 Å². The van der Waals surface area contributed by atoms with Crippen molar-refractivity contribution in [3.8, 4) is 5.75 Å². The highest BCUT2D eigenvalue weighted by atomic mass is 35.5. The van der Waals surface area contributed by atoms with Crippen molar-refractivity contribution >= 4 is 29.1 Å². The molecule has 0 bridgehead atoms. The van der Waals surface area contributed by atoms with Crippen molar-refractivity contribution in [2.75, 3.05) is 24.5 Å². The van der Waals surface area contributed by atoms with E-state index in [2.05, 4.69) is 15.4 Å². The van der Waals surface area contributed by atoms with Gasteiger partial charge in [-0.05, 0) is 12.1 Å². The van der Waals surface area contributed by atoms with Gasteiger partial charge in [0.05, 0.1) is 13.3 Å². The zero-order valence-corrected chi connectivity index (χ0v) is 11.3. The highest BCUT2D eigenvalue weighted by Gasteiger charge is 2.12. The summed E-state index contributed by atoms with van der Waals surface area (Å²) < 4.78 is 5.19. The maximum absolute atomic E-state index is 6.11. The second-order valence-corrected chi connectivity index (χ2v) is 4.18. The molecule has 1 heterocycles. The number of hydrazine groups is 1. The number of methoxy groups -OCH3 is 1. The van der Waals surface area contributed by atoms with Crippen molar-refractivity contribution in [1.82, 2.24) is 9.97 Å². The van der Waals surface area contributed by atoms with Crippen LogP contribution in [-0.2, 0) is 0 Å². The molecule has 1 aromatic heterocycles. The summed E-state index contributed by atoms with van der Waals surface area (Å²) in [4.78, 5) is 9.99. The van der Waals surface area contributed by atoms with Gasteiger partial charge in [0.1, 0.15) is 10.8 Å². The van der Waals surface area contributed by atoms with E-state index >= 15 is 0 Å². The van der Waals surface area contributed by atoms with Crippen molar-refractivity contribution in [1.29, 1.82) is 0 Å². The van der Waals surface area contributed by atoms with Crippen LogP contribution >= 0.6 is 11.6 Å². The van der Waals surface area contributed by atoms with Crippen molar-refractivity contribution in [3.63, 3.8) is 0 Å². The maximum atomic E-state index is 6.11. The van der Waals surface area contributed by atoms with Crippen LogP contribution in [0.1, 0.15) is 0 Å². The van der Waals surface area contributed by atoms with Crippen molar-refractivity contribution in [3.05, 3.63) is 35.5 Å². The van der Waals surface area contributed by atoms with E-state index in [9.17, 15) is 0 Å². The summed E-state index contributed by atoms with van der Waals surface area (Å²) >= 11 is 6.11. The van der Waals surface area contributed by atoms with E-state index in [0.29, 0.717) is 16.8 Å². The average Bonchev–Trinajstić information content (AvgIpc) is 2.47. The summed E-state index contributed by atoms with van der Waals surface area (Å²) in [7, 11) is 3.47. The van der Waals surface area contributed by atoms with Gasteiger partial charge in [-0.1, -0.05) is 17.7 Å². The minimum atomic E-state index is 0.300. The van der Waals surface area contributed by atoms with Crippen LogP contribution in [0.2, 0.25) is 5.02 Å². The van der Waals surface area contributed by atoms with Crippen LogP contribution in [0.3, 0.4) is 0 Å². The zero-order chi connectivity index (χ0) is 13.8. The molecule has 2 aromatic rings. The SMILES string of the molecule is COc1cccc(N(C)c2nc(NN)ncc2Cl)c1. The van der Waals surface area contributed by atoms with E-state index in [0.717, 1.165) is 11.4 Å². The number of nitrogens with zero attached hydrogens (tertiary/aromatic N) is 3. The predicted octanol–water partition coefficient (Wildman–Crippen LogP) is 2.19. The number of hydrogen-bond acceptors (Lipinski definition) is 6. The molecule has 0 atom stereocenters. The molecular formula is C12H14ClN5O. The molecule has 2 rings (SSSR count). The Balaban J connectivity index is 2.39. The van der Waals surface area contributed by atoms with Crippen LogP contribution in [0.4, 0.5) is 17.5 Å². The molecule has 100 valence electrons. The van der Waals surface area contributed by atoms with E-state index in [1.807, 2.05) is 36.2 Å². The molecular weight excluding hydrogens is 266 g/mol. The van der Waals surface area contributed by atoms with Crippen molar-refractivity contribution in [2.24, 2.45) is 5.84 Å². The lowest BCUT2D eigenvalue weighted by Crippen LogP contribution is -2.16. The third kappa shape index (κ3) is 2.86. The number of ether oxygens (including phenoxy) is 1. The number of halogens is 1.